The molecule has 0 aliphatic heterocycles. The van der Waals surface area contributed by atoms with Crippen LogP contribution in [0.25, 0.3) is 0 Å². The molecule has 0 aliphatic rings. The second-order valence-electron chi connectivity index (χ2n) is 4.41. The predicted octanol–water partition coefficient (Wildman–Crippen LogP) is 0.991. The maximum Gasteiger partial charge on any atom is 0.341 e. The van der Waals surface area contributed by atoms with Gasteiger partial charge in [0.2, 0.25) is 0 Å². The van der Waals surface area contributed by atoms with Gasteiger partial charge in [-0.25, -0.2) is 9.59 Å². The van der Waals surface area contributed by atoms with Crippen LogP contribution in [0.2, 0.25) is 0 Å². The summed E-state index contributed by atoms with van der Waals surface area (Å²) in [4.78, 5) is 34.8. The van der Waals surface area contributed by atoms with Gasteiger partial charge in [0.25, 0.3) is 0 Å². The number of urea groups is 1. The van der Waals surface area contributed by atoms with Gasteiger partial charge >= 0.3 is 18.0 Å². The average Bonchev–Trinajstić information content (AvgIpc) is 2.78. The molecule has 8 heteroatoms. The summed E-state index contributed by atoms with van der Waals surface area (Å²) >= 11 is 0. The Morgan fingerprint density at radius 3 is 2.67 bits per heavy atom. The Bertz CT molecular complexity index is 537. The third-order valence-corrected chi connectivity index (χ3v) is 2.73. The first-order chi connectivity index (χ1) is 9.85. The van der Waals surface area contributed by atoms with Crippen LogP contribution >= 0.6 is 0 Å². The molecule has 0 aliphatic carbocycles. The number of carboxylic acids is 1. The summed E-state index contributed by atoms with van der Waals surface area (Å²) in [5, 5.41) is 10.9. The van der Waals surface area contributed by atoms with Crippen molar-refractivity contribution in [2.75, 3.05) is 20.7 Å². The SMILES string of the molecule is COC(=O)c1cc(CN(C)C(=O)NCCC(=O)O)oc1C. The van der Waals surface area contributed by atoms with E-state index in [0.29, 0.717) is 17.1 Å². The number of carbonyl (C=O) groups is 3. The molecule has 0 bridgehead atoms. The fraction of sp³-hybridized carbons (Fsp3) is 0.462. The smallest absolute Gasteiger partial charge is 0.341 e. The van der Waals surface area contributed by atoms with Gasteiger partial charge in [0.05, 0.1) is 20.1 Å². The minimum atomic E-state index is -0.984. The summed E-state index contributed by atoms with van der Waals surface area (Å²) in [6, 6.07) is 1.09. The van der Waals surface area contributed by atoms with Gasteiger partial charge < -0.3 is 24.5 Å². The van der Waals surface area contributed by atoms with Crippen LogP contribution in [-0.4, -0.2) is 48.7 Å². The predicted molar refractivity (Wildman–Crippen MR) is 71.9 cm³/mol. The lowest BCUT2D eigenvalue weighted by Gasteiger charge is -2.16. The monoisotopic (exact) mass is 298 g/mol. The lowest BCUT2D eigenvalue weighted by Crippen LogP contribution is -2.37. The number of ether oxygens (including phenoxy) is 1. The second-order valence-corrected chi connectivity index (χ2v) is 4.41. The average molecular weight is 298 g/mol. The highest BCUT2D eigenvalue weighted by Crippen LogP contribution is 2.16. The fourth-order valence-electron chi connectivity index (χ4n) is 1.65. The maximum absolute atomic E-state index is 11.7. The Kier molecular flexibility index (Phi) is 5.77. The number of carbonyl (C=O) groups excluding carboxylic acids is 2. The molecule has 2 amide bonds. The van der Waals surface area contributed by atoms with E-state index in [1.165, 1.54) is 25.1 Å². The molecule has 0 saturated carbocycles. The fourth-order valence-corrected chi connectivity index (χ4v) is 1.65. The highest BCUT2D eigenvalue weighted by Gasteiger charge is 2.17. The Balaban J connectivity index is 2.58. The van der Waals surface area contributed by atoms with E-state index in [1.807, 2.05) is 0 Å². The highest BCUT2D eigenvalue weighted by atomic mass is 16.5. The molecule has 0 unspecified atom stereocenters. The van der Waals surface area contributed by atoms with E-state index in [2.05, 4.69) is 10.1 Å². The van der Waals surface area contributed by atoms with Gasteiger partial charge in [-0.3, -0.25) is 4.79 Å². The number of nitrogens with one attached hydrogen (secondary N) is 1. The van der Waals surface area contributed by atoms with E-state index in [0.717, 1.165) is 0 Å². The van der Waals surface area contributed by atoms with Crippen molar-refractivity contribution in [1.29, 1.82) is 0 Å². The number of hydrogen-bond acceptors (Lipinski definition) is 5. The van der Waals surface area contributed by atoms with Crippen molar-refractivity contribution in [3.8, 4) is 0 Å². The third-order valence-electron chi connectivity index (χ3n) is 2.73. The molecule has 0 aromatic carbocycles. The summed E-state index contributed by atoms with van der Waals surface area (Å²) < 4.78 is 10.00. The third kappa shape index (κ3) is 4.83. The van der Waals surface area contributed by atoms with Crippen LogP contribution in [0.3, 0.4) is 0 Å². The topological polar surface area (TPSA) is 109 Å². The highest BCUT2D eigenvalue weighted by molar-refractivity contribution is 5.90. The summed E-state index contributed by atoms with van der Waals surface area (Å²) in [6.07, 6.45) is -0.147. The molecule has 0 fully saturated rings. The summed E-state index contributed by atoms with van der Waals surface area (Å²) in [7, 11) is 2.81. The summed E-state index contributed by atoms with van der Waals surface area (Å²) in [5.74, 6) is -0.640. The Hall–Kier alpha value is -2.51. The normalized spacial score (nSPS) is 10.0. The van der Waals surface area contributed by atoms with Crippen LogP contribution in [0.15, 0.2) is 10.5 Å². The maximum atomic E-state index is 11.7. The van der Waals surface area contributed by atoms with Crippen LogP contribution in [0.1, 0.15) is 28.3 Å². The van der Waals surface area contributed by atoms with Crippen molar-refractivity contribution in [2.24, 2.45) is 0 Å². The van der Waals surface area contributed by atoms with E-state index in [1.54, 1.807) is 6.92 Å². The number of carboxylic acid groups (broad SMARTS) is 1. The molecular weight excluding hydrogens is 280 g/mol. The van der Waals surface area contributed by atoms with Crippen molar-refractivity contribution in [3.63, 3.8) is 0 Å². The number of esters is 1. The molecule has 1 heterocycles. The zero-order chi connectivity index (χ0) is 16.0. The summed E-state index contributed by atoms with van der Waals surface area (Å²) in [5.41, 5.74) is 0.312. The van der Waals surface area contributed by atoms with E-state index in [-0.39, 0.29) is 19.5 Å². The number of hydrogen-bond donors (Lipinski definition) is 2. The minimum Gasteiger partial charge on any atom is -0.481 e. The van der Waals surface area contributed by atoms with Gasteiger partial charge in [0.1, 0.15) is 17.1 Å². The molecule has 0 radical (unpaired) electrons. The quantitative estimate of drug-likeness (QED) is 0.758. The van der Waals surface area contributed by atoms with Crippen LogP contribution in [0.4, 0.5) is 4.79 Å². The number of aliphatic carboxylic acids is 1. The van der Waals surface area contributed by atoms with Crippen molar-refractivity contribution >= 4 is 18.0 Å². The molecule has 8 nitrogen and oxygen atoms in total. The second kappa shape index (κ2) is 7.32. The number of amides is 2. The molecular formula is C13H18N2O6. The first-order valence-electron chi connectivity index (χ1n) is 6.23. The molecule has 0 atom stereocenters. The zero-order valence-corrected chi connectivity index (χ0v) is 12.1. The molecule has 1 aromatic heterocycles. The number of rotatable bonds is 6. The van der Waals surface area contributed by atoms with Crippen molar-refractivity contribution in [2.45, 2.75) is 19.9 Å². The molecule has 0 spiro atoms. The summed E-state index contributed by atoms with van der Waals surface area (Å²) in [6.45, 7) is 1.82. The number of aryl methyl sites for hydroxylation is 1. The molecule has 1 aromatic rings. The van der Waals surface area contributed by atoms with Crippen molar-refractivity contribution < 1.29 is 28.6 Å². The van der Waals surface area contributed by atoms with Crippen molar-refractivity contribution in [1.82, 2.24) is 10.2 Å². The molecule has 1 rings (SSSR count). The zero-order valence-electron chi connectivity index (χ0n) is 12.1. The molecule has 0 saturated heterocycles. The van der Waals surface area contributed by atoms with Crippen LogP contribution in [0, 0.1) is 6.92 Å². The molecule has 116 valence electrons. The van der Waals surface area contributed by atoms with Crippen molar-refractivity contribution in [3.05, 3.63) is 23.2 Å². The Morgan fingerprint density at radius 2 is 2.10 bits per heavy atom. The van der Waals surface area contributed by atoms with Gasteiger partial charge in [-0.05, 0) is 13.0 Å². The van der Waals surface area contributed by atoms with E-state index < -0.39 is 18.0 Å². The Morgan fingerprint density at radius 1 is 1.43 bits per heavy atom. The first kappa shape index (κ1) is 16.5. The van der Waals surface area contributed by atoms with Crippen LogP contribution in [0.5, 0.6) is 0 Å². The number of methoxy groups -OCH3 is 1. The minimum absolute atomic E-state index is 0.0447. The number of furan rings is 1. The molecule has 2 N–H and O–H groups in total. The Labute approximate surface area is 121 Å². The van der Waals surface area contributed by atoms with Crippen LogP contribution in [-0.2, 0) is 16.1 Å². The van der Waals surface area contributed by atoms with Gasteiger partial charge in [0.15, 0.2) is 0 Å². The van der Waals surface area contributed by atoms with E-state index >= 15 is 0 Å². The van der Waals surface area contributed by atoms with E-state index in [4.69, 9.17) is 9.52 Å². The first-order valence-corrected chi connectivity index (χ1v) is 6.23. The molecule has 21 heavy (non-hydrogen) atoms. The van der Waals surface area contributed by atoms with Gasteiger partial charge in [0, 0.05) is 13.6 Å². The van der Waals surface area contributed by atoms with Gasteiger partial charge in [-0.15, -0.1) is 0 Å². The van der Waals surface area contributed by atoms with Gasteiger partial charge in [-0.2, -0.15) is 0 Å². The van der Waals surface area contributed by atoms with E-state index in [9.17, 15) is 14.4 Å². The standard InChI is InChI=1S/C13H18N2O6/c1-8-10(12(18)20-3)6-9(21-8)7-15(2)13(19)14-5-4-11(16)17/h6H,4-5,7H2,1-3H3,(H,14,19)(H,16,17). The largest absolute Gasteiger partial charge is 0.481 e. The number of nitrogens with zero attached hydrogens (tertiary/aromatic N) is 1. The van der Waals surface area contributed by atoms with Gasteiger partial charge in [-0.1, -0.05) is 0 Å². The lowest BCUT2D eigenvalue weighted by atomic mass is 10.2. The lowest BCUT2D eigenvalue weighted by molar-refractivity contribution is -0.136. The van der Waals surface area contributed by atoms with Crippen LogP contribution < -0.4 is 5.32 Å².